The molecule has 1 aromatic carbocycles. The molecule has 0 aliphatic rings. The van der Waals surface area contributed by atoms with Gasteiger partial charge in [0, 0.05) is 4.47 Å². The Morgan fingerprint density at radius 1 is 1.47 bits per heavy atom. The lowest BCUT2D eigenvalue weighted by Gasteiger charge is -2.14. The number of alkyl halides is 3. The summed E-state index contributed by atoms with van der Waals surface area (Å²) >= 11 is 3.13. The van der Waals surface area contributed by atoms with Crippen molar-refractivity contribution in [3.05, 3.63) is 28.2 Å². The highest BCUT2D eigenvalue weighted by atomic mass is 79.9. The molecule has 1 rings (SSSR count). The second-order valence-corrected chi connectivity index (χ2v) is 4.24. The van der Waals surface area contributed by atoms with Gasteiger partial charge < -0.3 is 4.74 Å². The highest BCUT2D eigenvalue weighted by molar-refractivity contribution is 9.10. The lowest BCUT2D eigenvalue weighted by atomic mass is 9.97. The Bertz CT molecular complexity index is 439. The predicted molar refractivity (Wildman–Crippen MR) is 59.7 cm³/mol. The van der Waals surface area contributed by atoms with E-state index in [-0.39, 0.29) is 5.56 Å². The largest absolute Gasteiger partial charge is 0.497 e. The third kappa shape index (κ3) is 3.93. The van der Waals surface area contributed by atoms with E-state index in [0.29, 0.717) is 10.2 Å². The normalized spacial score (nSPS) is 12.9. The summed E-state index contributed by atoms with van der Waals surface area (Å²) < 4.78 is 42.3. The molecule has 1 aromatic rings. The first-order valence-corrected chi connectivity index (χ1v) is 5.46. The topological polar surface area (TPSA) is 33.0 Å². The zero-order valence-corrected chi connectivity index (χ0v) is 10.5. The SMILES string of the molecule is COc1ccc(Br)c([C@@H](C#N)CC(F)(F)F)c1. The fraction of sp³-hybridized carbons (Fsp3) is 0.364. The van der Waals surface area contributed by atoms with E-state index < -0.39 is 18.5 Å². The van der Waals surface area contributed by atoms with Gasteiger partial charge in [-0.05, 0) is 23.8 Å². The minimum atomic E-state index is -4.37. The summed E-state index contributed by atoms with van der Waals surface area (Å²) in [6.45, 7) is 0. The first-order chi connectivity index (χ1) is 7.87. The van der Waals surface area contributed by atoms with Gasteiger partial charge in [-0.2, -0.15) is 18.4 Å². The van der Waals surface area contributed by atoms with E-state index in [0.717, 1.165) is 0 Å². The lowest BCUT2D eigenvalue weighted by Crippen LogP contribution is -2.13. The van der Waals surface area contributed by atoms with Gasteiger partial charge in [0.1, 0.15) is 5.75 Å². The quantitative estimate of drug-likeness (QED) is 0.845. The number of hydrogen-bond acceptors (Lipinski definition) is 2. The first kappa shape index (κ1) is 13.8. The van der Waals surface area contributed by atoms with Crippen LogP contribution in [-0.4, -0.2) is 13.3 Å². The number of nitrogens with zero attached hydrogens (tertiary/aromatic N) is 1. The van der Waals surface area contributed by atoms with E-state index in [1.807, 2.05) is 0 Å². The van der Waals surface area contributed by atoms with Gasteiger partial charge in [0.25, 0.3) is 0 Å². The molecule has 0 spiro atoms. The Kier molecular flexibility index (Phi) is 4.40. The van der Waals surface area contributed by atoms with Crippen molar-refractivity contribution in [2.24, 2.45) is 0 Å². The van der Waals surface area contributed by atoms with Crippen LogP contribution in [0.5, 0.6) is 5.75 Å². The molecule has 0 amide bonds. The van der Waals surface area contributed by atoms with Crippen molar-refractivity contribution >= 4 is 15.9 Å². The third-order valence-corrected chi connectivity index (χ3v) is 2.89. The number of halogens is 4. The molecule has 0 aromatic heterocycles. The number of rotatable bonds is 3. The summed E-state index contributed by atoms with van der Waals surface area (Å²) in [4.78, 5) is 0. The fourth-order valence-electron chi connectivity index (χ4n) is 1.37. The maximum atomic E-state index is 12.3. The van der Waals surface area contributed by atoms with Crippen molar-refractivity contribution < 1.29 is 17.9 Å². The number of benzene rings is 1. The molecule has 17 heavy (non-hydrogen) atoms. The van der Waals surface area contributed by atoms with Crippen LogP contribution in [0.1, 0.15) is 17.9 Å². The highest BCUT2D eigenvalue weighted by Gasteiger charge is 2.33. The molecule has 0 unspecified atom stereocenters. The van der Waals surface area contributed by atoms with Gasteiger partial charge in [0.2, 0.25) is 0 Å². The van der Waals surface area contributed by atoms with Crippen LogP contribution in [0.25, 0.3) is 0 Å². The zero-order valence-electron chi connectivity index (χ0n) is 8.88. The number of methoxy groups -OCH3 is 1. The van der Waals surface area contributed by atoms with Crippen LogP contribution in [0.15, 0.2) is 22.7 Å². The van der Waals surface area contributed by atoms with Crippen LogP contribution in [0, 0.1) is 11.3 Å². The van der Waals surface area contributed by atoms with Crippen LogP contribution >= 0.6 is 15.9 Å². The fourth-order valence-corrected chi connectivity index (χ4v) is 1.90. The second kappa shape index (κ2) is 5.41. The second-order valence-electron chi connectivity index (χ2n) is 3.39. The molecule has 0 saturated heterocycles. The summed E-state index contributed by atoms with van der Waals surface area (Å²) in [5.41, 5.74) is 0.282. The zero-order chi connectivity index (χ0) is 13.1. The first-order valence-electron chi connectivity index (χ1n) is 4.67. The molecule has 0 bridgehead atoms. The van der Waals surface area contributed by atoms with Crippen LogP contribution < -0.4 is 4.74 Å². The van der Waals surface area contributed by atoms with Gasteiger partial charge in [-0.25, -0.2) is 0 Å². The summed E-state index contributed by atoms with van der Waals surface area (Å²) in [6.07, 6.45) is -5.54. The Labute approximate surface area is 105 Å². The van der Waals surface area contributed by atoms with Crippen LogP contribution in [0.4, 0.5) is 13.2 Å². The van der Waals surface area contributed by atoms with E-state index in [4.69, 9.17) is 10.00 Å². The molecular weight excluding hydrogens is 299 g/mol. The molecule has 2 nitrogen and oxygen atoms in total. The van der Waals surface area contributed by atoms with Crippen LogP contribution in [0.2, 0.25) is 0 Å². The molecule has 0 radical (unpaired) electrons. The standard InChI is InChI=1S/C11H9BrF3NO/c1-17-8-2-3-10(12)9(4-8)7(6-16)5-11(13,14)15/h2-4,7H,5H2,1H3/t7-/m1/s1. The van der Waals surface area contributed by atoms with E-state index in [9.17, 15) is 13.2 Å². The summed E-state index contributed by atoms with van der Waals surface area (Å²) in [5.74, 6) is -0.815. The lowest BCUT2D eigenvalue weighted by molar-refractivity contribution is -0.136. The van der Waals surface area contributed by atoms with E-state index in [2.05, 4.69) is 15.9 Å². The molecule has 6 heteroatoms. The number of nitriles is 1. The number of ether oxygens (including phenoxy) is 1. The van der Waals surface area contributed by atoms with Crippen LogP contribution in [-0.2, 0) is 0 Å². The Balaban J connectivity index is 3.08. The van der Waals surface area contributed by atoms with Crippen molar-refractivity contribution in [1.29, 1.82) is 5.26 Å². The molecular formula is C11H9BrF3NO. The molecule has 0 heterocycles. The average Bonchev–Trinajstić information content (AvgIpc) is 2.25. The minimum Gasteiger partial charge on any atom is -0.497 e. The maximum absolute atomic E-state index is 12.3. The molecule has 0 aliphatic heterocycles. The van der Waals surface area contributed by atoms with Gasteiger partial charge in [-0.15, -0.1) is 0 Å². The van der Waals surface area contributed by atoms with Crippen molar-refractivity contribution in [2.75, 3.05) is 7.11 Å². The Hall–Kier alpha value is -1.22. The van der Waals surface area contributed by atoms with Crippen molar-refractivity contribution in [3.8, 4) is 11.8 Å². The number of hydrogen-bond donors (Lipinski definition) is 0. The highest BCUT2D eigenvalue weighted by Crippen LogP contribution is 2.35. The van der Waals surface area contributed by atoms with Gasteiger partial charge >= 0.3 is 6.18 Å². The third-order valence-electron chi connectivity index (χ3n) is 2.17. The predicted octanol–water partition coefficient (Wildman–Crippen LogP) is 4.02. The van der Waals surface area contributed by atoms with E-state index in [1.54, 1.807) is 18.2 Å². The average molecular weight is 308 g/mol. The Morgan fingerprint density at radius 3 is 2.59 bits per heavy atom. The minimum absolute atomic E-state index is 0.282. The molecule has 92 valence electrons. The van der Waals surface area contributed by atoms with Crippen molar-refractivity contribution in [1.82, 2.24) is 0 Å². The summed E-state index contributed by atoms with van der Waals surface area (Å²) in [7, 11) is 1.41. The molecule has 1 atom stereocenters. The van der Waals surface area contributed by atoms with Gasteiger partial charge in [-0.1, -0.05) is 15.9 Å². The smallest absolute Gasteiger partial charge is 0.390 e. The van der Waals surface area contributed by atoms with E-state index >= 15 is 0 Å². The summed E-state index contributed by atoms with van der Waals surface area (Å²) in [6, 6.07) is 6.27. The molecule has 0 N–H and O–H groups in total. The van der Waals surface area contributed by atoms with E-state index in [1.165, 1.54) is 13.2 Å². The van der Waals surface area contributed by atoms with Crippen LogP contribution in [0.3, 0.4) is 0 Å². The van der Waals surface area contributed by atoms with Gasteiger partial charge in [0.05, 0.1) is 25.5 Å². The molecule has 0 saturated carbocycles. The monoisotopic (exact) mass is 307 g/mol. The Morgan fingerprint density at radius 2 is 2.12 bits per heavy atom. The summed E-state index contributed by atoms with van der Waals surface area (Å²) in [5, 5.41) is 8.82. The van der Waals surface area contributed by atoms with Gasteiger partial charge in [0.15, 0.2) is 0 Å². The van der Waals surface area contributed by atoms with Crippen molar-refractivity contribution in [2.45, 2.75) is 18.5 Å². The van der Waals surface area contributed by atoms with Gasteiger partial charge in [-0.3, -0.25) is 0 Å². The maximum Gasteiger partial charge on any atom is 0.390 e. The molecule has 0 aliphatic carbocycles. The van der Waals surface area contributed by atoms with Crippen molar-refractivity contribution in [3.63, 3.8) is 0 Å². The molecule has 0 fully saturated rings.